The summed E-state index contributed by atoms with van der Waals surface area (Å²) < 4.78 is 0. The number of fused-ring (bicyclic) bond motifs is 1. The van der Waals surface area contributed by atoms with Crippen LogP contribution in [0.4, 0.5) is 0 Å². The van der Waals surface area contributed by atoms with Crippen LogP contribution in [0.2, 0.25) is 0 Å². The maximum atomic E-state index is 11.6. The molecule has 0 aliphatic carbocycles. The van der Waals surface area contributed by atoms with Gasteiger partial charge < -0.3 is 4.98 Å². The van der Waals surface area contributed by atoms with E-state index in [9.17, 15) is 4.79 Å². The summed E-state index contributed by atoms with van der Waals surface area (Å²) in [6.45, 7) is 7.56. The predicted molar refractivity (Wildman–Crippen MR) is 70.7 cm³/mol. The van der Waals surface area contributed by atoms with Gasteiger partial charge in [-0.25, -0.2) is 0 Å². The van der Waals surface area contributed by atoms with Crippen molar-refractivity contribution in [2.45, 2.75) is 0 Å². The van der Waals surface area contributed by atoms with Crippen LogP contribution in [0.25, 0.3) is 16.3 Å². The second-order valence-corrected chi connectivity index (χ2v) is 3.57. The number of aromatic nitrogens is 2. The summed E-state index contributed by atoms with van der Waals surface area (Å²) >= 11 is 0. The average molecular weight is 224 g/mol. The summed E-state index contributed by atoms with van der Waals surface area (Å²) in [7, 11) is 0. The van der Waals surface area contributed by atoms with E-state index >= 15 is 0 Å². The first-order valence-electron chi connectivity index (χ1n) is 5.18. The molecule has 2 aromatic heterocycles. The Bertz CT molecular complexity index is 665. The molecule has 0 radical (unpaired) electrons. The minimum Gasteiger partial charge on any atom is -0.328 e. The number of H-pyrrole nitrogens is 1. The second kappa shape index (κ2) is 4.61. The molecule has 0 unspecified atom stereocenters. The van der Waals surface area contributed by atoms with E-state index in [-0.39, 0.29) is 5.56 Å². The molecule has 0 spiro atoms. The zero-order chi connectivity index (χ0) is 12.3. The Kier molecular flexibility index (Phi) is 3.01. The van der Waals surface area contributed by atoms with E-state index < -0.39 is 0 Å². The molecule has 0 aliphatic heterocycles. The molecule has 2 heterocycles. The van der Waals surface area contributed by atoms with E-state index in [2.05, 4.69) is 23.1 Å². The molecule has 0 atom stereocenters. The minimum absolute atomic E-state index is 0.119. The molecule has 0 saturated heterocycles. The first-order chi connectivity index (χ1) is 8.24. The van der Waals surface area contributed by atoms with Crippen LogP contribution >= 0.6 is 0 Å². The van der Waals surface area contributed by atoms with Crippen molar-refractivity contribution in [2.75, 3.05) is 0 Å². The number of rotatable bonds is 3. The fourth-order valence-corrected chi connectivity index (χ4v) is 1.64. The standard InChI is InChI=1S/C14H12N2O/c1-3-4-5-10(2)12-9-16-14(17)11-6-7-15-8-13(11)12/h3-9H,1-2H2,(H,16,17)/b5-4-. The Morgan fingerprint density at radius 1 is 1.41 bits per heavy atom. The summed E-state index contributed by atoms with van der Waals surface area (Å²) in [4.78, 5) is 18.4. The van der Waals surface area contributed by atoms with Crippen molar-refractivity contribution in [1.82, 2.24) is 9.97 Å². The van der Waals surface area contributed by atoms with E-state index in [0.717, 1.165) is 16.5 Å². The number of pyridine rings is 2. The monoisotopic (exact) mass is 224 g/mol. The maximum absolute atomic E-state index is 11.6. The molecule has 0 aliphatic rings. The smallest absolute Gasteiger partial charge is 0.255 e. The molecule has 0 amide bonds. The van der Waals surface area contributed by atoms with Crippen LogP contribution in [0.5, 0.6) is 0 Å². The average Bonchev–Trinajstić information content (AvgIpc) is 2.37. The van der Waals surface area contributed by atoms with Gasteiger partial charge in [0.1, 0.15) is 0 Å². The van der Waals surface area contributed by atoms with Gasteiger partial charge in [-0.2, -0.15) is 0 Å². The van der Waals surface area contributed by atoms with Crippen molar-refractivity contribution < 1.29 is 0 Å². The summed E-state index contributed by atoms with van der Waals surface area (Å²) in [6, 6.07) is 1.70. The third-order valence-corrected chi connectivity index (χ3v) is 2.48. The lowest BCUT2D eigenvalue weighted by molar-refractivity contribution is 1.25. The number of nitrogens with one attached hydrogen (secondary N) is 1. The van der Waals surface area contributed by atoms with Gasteiger partial charge in [-0.3, -0.25) is 9.78 Å². The van der Waals surface area contributed by atoms with E-state index in [0.29, 0.717) is 5.39 Å². The summed E-state index contributed by atoms with van der Waals surface area (Å²) in [5.41, 5.74) is 1.55. The first kappa shape index (κ1) is 11.1. The maximum Gasteiger partial charge on any atom is 0.255 e. The van der Waals surface area contributed by atoms with Gasteiger partial charge in [-0.15, -0.1) is 0 Å². The van der Waals surface area contributed by atoms with Gasteiger partial charge in [-0.1, -0.05) is 31.4 Å². The van der Waals surface area contributed by atoms with Gasteiger partial charge in [0.2, 0.25) is 0 Å². The van der Waals surface area contributed by atoms with E-state index in [1.165, 1.54) is 0 Å². The minimum atomic E-state index is -0.119. The van der Waals surface area contributed by atoms with Crippen LogP contribution < -0.4 is 5.56 Å². The van der Waals surface area contributed by atoms with Crippen molar-refractivity contribution in [3.05, 3.63) is 72.0 Å². The van der Waals surface area contributed by atoms with Crippen molar-refractivity contribution in [1.29, 1.82) is 0 Å². The quantitative estimate of drug-likeness (QED) is 0.815. The van der Waals surface area contributed by atoms with Crippen LogP contribution in [-0.4, -0.2) is 9.97 Å². The second-order valence-electron chi connectivity index (χ2n) is 3.57. The zero-order valence-corrected chi connectivity index (χ0v) is 9.31. The van der Waals surface area contributed by atoms with Crippen LogP contribution in [0.15, 0.2) is 60.8 Å². The van der Waals surface area contributed by atoms with Gasteiger partial charge in [0.15, 0.2) is 0 Å². The molecule has 84 valence electrons. The lowest BCUT2D eigenvalue weighted by Crippen LogP contribution is -2.06. The van der Waals surface area contributed by atoms with Gasteiger partial charge >= 0.3 is 0 Å². The topological polar surface area (TPSA) is 45.8 Å². The lowest BCUT2D eigenvalue weighted by Gasteiger charge is -2.04. The van der Waals surface area contributed by atoms with Crippen molar-refractivity contribution >= 4 is 16.3 Å². The molecule has 0 aromatic carbocycles. The van der Waals surface area contributed by atoms with Gasteiger partial charge in [0.25, 0.3) is 5.56 Å². The largest absolute Gasteiger partial charge is 0.328 e. The fraction of sp³-hybridized carbons (Fsp3) is 0. The Morgan fingerprint density at radius 2 is 2.24 bits per heavy atom. The molecule has 0 bridgehead atoms. The van der Waals surface area contributed by atoms with Gasteiger partial charge in [0.05, 0.1) is 5.39 Å². The molecule has 3 nitrogen and oxygen atoms in total. The molecule has 2 aromatic rings. The molecule has 2 rings (SSSR count). The number of hydrogen-bond donors (Lipinski definition) is 1. The number of hydrogen-bond acceptors (Lipinski definition) is 2. The molecule has 17 heavy (non-hydrogen) atoms. The zero-order valence-electron chi connectivity index (χ0n) is 9.31. The third kappa shape index (κ3) is 2.08. The van der Waals surface area contributed by atoms with Gasteiger partial charge in [0, 0.05) is 29.5 Å². The van der Waals surface area contributed by atoms with Crippen LogP contribution in [0.1, 0.15) is 5.56 Å². The predicted octanol–water partition coefficient (Wildman–Crippen LogP) is 2.68. The Labute approximate surface area is 98.8 Å². The SMILES string of the molecule is C=C/C=C\C(=C)c1c[nH]c(=O)c2ccncc12. The van der Waals surface area contributed by atoms with E-state index in [4.69, 9.17) is 0 Å². The highest BCUT2D eigenvalue weighted by molar-refractivity contribution is 5.94. The Morgan fingerprint density at radius 3 is 3.00 bits per heavy atom. The van der Waals surface area contributed by atoms with Crippen LogP contribution in [0.3, 0.4) is 0 Å². The fourth-order valence-electron chi connectivity index (χ4n) is 1.64. The van der Waals surface area contributed by atoms with Gasteiger partial charge in [-0.05, 0) is 11.6 Å². The van der Waals surface area contributed by atoms with E-state index in [1.807, 2.05) is 6.08 Å². The molecule has 3 heteroatoms. The number of allylic oxidation sites excluding steroid dienone is 4. The Balaban J connectivity index is 2.67. The Hall–Kier alpha value is -2.42. The number of nitrogens with zero attached hydrogens (tertiary/aromatic N) is 1. The number of aromatic amines is 1. The molecule has 0 fully saturated rings. The molecule has 1 N–H and O–H groups in total. The van der Waals surface area contributed by atoms with Crippen molar-refractivity contribution in [2.24, 2.45) is 0 Å². The highest BCUT2D eigenvalue weighted by atomic mass is 16.1. The lowest BCUT2D eigenvalue weighted by atomic mass is 10.0. The normalized spacial score (nSPS) is 10.8. The van der Waals surface area contributed by atoms with Crippen molar-refractivity contribution in [3.8, 4) is 0 Å². The van der Waals surface area contributed by atoms with Crippen LogP contribution in [0, 0.1) is 0 Å². The highest BCUT2D eigenvalue weighted by Gasteiger charge is 2.05. The van der Waals surface area contributed by atoms with Crippen molar-refractivity contribution in [3.63, 3.8) is 0 Å². The third-order valence-electron chi connectivity index (χ3n) is 2.48. The summed E-state index contributed by atoms with van der Waals surface area (Å²) in [6.07, 6.45) is 10.2. The summed E-state index contributed by atoms with van der Waals surface area (Å²) in [5, 5.41) is 1.42. The molecule has 0 saturated carbocycles. The highest BCUT2D eigenvalue weighted by Crippen LogP contribution is 2.20. The summed E-state index contributed by atoms with van der Waals surface area (Å²) in [5.74, 6) is 0. The molecular formula is C14H12N2O. The van der Waals surface area contributed by atoms with E-state index in [1.54, 1.807) is 36.8 Å². The molecular weight excluding hydrogens is 212 g/mol. The first-order valence-corrected chi connectivity index (χ1v) is 5.18. The van der Waals surface area contributed by atoms with Crippen LogP contribution in [-0.2, 0) is 0 Å².